The summed E-state index contributed by atoms with van der Waals surface area (Å²) >= 11 is 0. The van der Waals surface area contributed by atoms with Crippen molar-refractivity contribution in [2.24, 2.45) is 0 Å². The van der Waals surface area contributed by atoms with Crippen LogP contribution in [0.2, 0.25) is 0 Å². The fourth-order valence-corrected chi connectivity index (χ4v) is 6.02. The van der Waals surface area contributed by atoms with E-state index in [-0.39, 0.29) is 24.5 Å². The molecule has 0 unspecified atom stereocenters. The van der Waals surface area contributed by atoms with Crippen LogP contribution in [0.25, 0.3) is 0 Å². The minimum absolute atomic E-state index is 0.0940. The number of alkyl halides is 3. The number of hydrogen-bond acceptors (Lipinski definition) is 5. The standard InChI is InChI=1S/C33H38F3N7O2/c34-33(35,36)27-12-10-25(11-13-27)20-41-16-17-43(32(45)40-28-4-2-1-3-5-28)30(22-41)31(44)39-15-14-29-19-38-23-42(29)21-26-8-6-24(18-37)7-9-26/h6-13,19,23,28,30H,1-5,14-17,20-22H2,(H,39,44)(H,40,45)/t30-/m1/s1. The van der Waals surface area contributed by atoms with Gasteiger partial charge in [0.05, 0.1) is 23.5 Å². The number of aromatic nitrogens is 2. The summed E-state index contributed by atoms with van der Waals surface area (Å²) < 4.78 is 41.1. The lowest BCUT2D eigenvalue weighted by atomic mass is 9.95. The van der Waals surface area contributed by atoms with Gasteiger partial charge in [0.15, 0.2) is 0 Å². The van der Waals surface area contributed by atoms with Crippen molar-refractivity contribution in [3.8, 4) is 6.07 Å². The molecule has 1 aromatic heterocycles. The third-order valence-electron chi connectivity index (χ3n) is 8.56. The maximum Gasteiger partial charge on any atom is 0.416 e. The van der Waals surface area contributed by atoms with E-state index in [1.807, 2.05) is 21.6 Å². The minimum Gasteiger partial charge on any atom is -0.354 e. The zero-order valence-electron chi connectivity index (χ0n) is 25.1. The molecule has 5 rings (SSSR count). The molecule has 2 fully saturated rings. The second kappa shape index (κ2) is 14.6. The highest BCUT2D eigenvalue weighted by molar-refractivity contribution is 5.87. The summed E-state index contributed by atoms with van der Waals surface area (Å²) in [7, 11) is 0. The fourth-order valence-electron chi connectivity index (χ4n) is 6.02. The van der Waals surface area contributed by atoms with Crippen LogP contribution in [0.3, 0.4) is 0 Å². The van der Waals surface area contributed by atoms with E-state index in [4.69, 9.17) is 5.26 Å². The van der Waals surface area contributed by atoms with Gasteiger partial charge in [-0.05, 0) is 48.2 Å². The first-order valence-corrected chi connectivity index (χ1v) is 15.4. The second-order valence-electron chi connectivity index (χ2n) is 11.8. The van der Waals surface area contributed by atoms with E-state index in [9.17, 15) is 22.8 Å². The molecule has 9 nitrogen and oxygen atoms in total. The van der Waals surface area contributed by atoms with Gasteiger partial charge in [0.1, 0.15) is 6.04 Å². The SMILES string of the molecule is N#Cc1ccc(Cn2cncc2CCNC(=O)[C@H]2CN(Cc3ccc(C(F)(F)F)cc3)CCN2C(=O)NC2CCCCC2)cc1. The molecule has 1 saturated heterocycles. The largest absolute Gasteiger partial charge is 0.416 e. The Hall–Kier alpha value is -4.37. The smallest absolute Gasteiger partial charge is 0.354 e. The zero-order valence-corrected chi connectivity index (χ0v) is 25.1. The van der Waals surface area contributed by atoms with Gasteiger partial charge in [0.25, 0.3) is 0 Å². The lowest BCUT2D eigenvalue weighted by molar-refractivity contribution is -0.137. The summed E-state index contributed by atoms with van der Waals surface area (Å²) in [5.74, 6) is -0.274. The predicted molar refractivity (Wildman–Crippen MR) is 162 cm³/mol. The molecule has 45 heavy (non-hydrogen) atoms. The predicted octanol–water partition coefficient (Wildman–Crippen LogP) is 4.71. The molecule has 2 aromatic carbocycles. The van der Waals surface area contributed by atoms with Crippen LogP contribution >= 0.6 is 0 Å². The molecule has 0 bridgehead atoms. The Bertz CT molecular complexity index is 1480. The lowest BCUT2D eigenvalue weighted by Gasteiger charge is -2.41. The molecule has 2 heterocycles. The van der Waals surface area contributed by atoms with Gasteiger partial charge in [0.2, 0.25) is 5.91 Å². The first-order valence-electron chi connectivity index (χ1n) is 15.4. The summed E-state index contributed by atoms with van der Waals surface area (Å²) in [4.78, 5) is 34.8. The third kappa shape index (κ3) is 8.63. The zero-order chi connectivity index (χ0) is 31.8. The number of imidazole rings is 1. The van der Waals surface area contributed by atoms with E-state index in [2.05, 4.69) is 21.7 Å². The van der Waals surface area contributed by atoms with Crippen molar-refractivity contribution in [1.29, 1.82) is 5.26 Å². The van der Waals surface area contributed by atoms with Crippen molar-refractivity contribution < 1.29 is 22.8 Å². The van der Waals surface area contributed by atoms with E-state index in [0.717, 1.165) is 55.5 Å². The highest BCUT2D eigenvalue weighted by Crippen LogP contribution is 2.29. The Morgan fingerprint density at radius 1 is 0.956 bits per heavy atom. The average Bonchev–Trinajstić information content (AvgIpc) is 3.48. The van der Waals surface area contributed by atoms with Crippen LogP contribution in [0.15, 0.2) is 61.1 Å². The van der Waals surface area contributed by atoms with Gasteiger partial charge >= 0.3 is 12.2 Å². The van der Waals surface area contributed by atoms with Gasteiger partial charge in [-0.15, -0.1) is 0 Å². The Morgan fingerprint density at radius 3 is 2.33 bits per heavy atom. The number of halogens is 3. The molecule has 2 aliphatic rings. The molecule has 238 valence electrons. The van der Waals surface area contributed by atoms with E-state index in [1.54, 1.807) is 29.6 Å². The van der Waals surface area contributed by atoms with Gasteiger partial charge in [-0.25, -0.2) is 9.78 Å². The lowest BCUT2D eigenvalue weighted by Crippen LogP contribution is -2.63. The van der Waals surface area contributed by atoms with Crippen molar-refractivity contribution in [2.45, 2.75) is 69.9 Å². The summed E-state index contributed by atoms with van der Waals surface area (Å²) in [6, 6.07) is 13.6. The molecule has 1 saturated carbocycles. The van der Waals surface area contributed by atoms with Crippen molar-refractivity contribution in [3.63, 3.8) is 0 Å². The molecule has 3 amide bonds. The number of benzene rings is 2. The van der Waals surface area contributed by atoms with Gasteiger partial charge in [-0.2, -0.15) is 18.4 Å². The Kier molecular flexibility index (Phi) is 10.4. The minimum atomic E-state index is -4.40. The van der Waals surface area contributed by atoms with Crippen LogP contribution in [0, 0.1) is 11.3 Å². The van der Waals surface area contributed by atoms with Gasteiger partial charge < -0.3 is 20.1 Å². The summed E-state index contributed by atoms with van der Waals surface area (Å²) in [6.45, 7) is 2.37. The average molecular weight is 622 g/mol. The maximum absolute atomic E-state index is 13.6. The highest BCUT2D eigenvalue weighted by Gasteiger charge is 2.36. The van der Waals surface area contributed by atoms with Crippen molar-refractivity contribution in [3.05, 3.63) is 89.0 Å². The van der Waals surface area contributed by atoms with Crippen LogP contribution in [-0.4, -0.2) is 69.6 Å². The Labute approximate surface area is 261 Å². The van der Waals surface area contributed by atoms with E-state index in [0.29, 0.717) is 50.3 Å². The maximum atomic E-state index is 13.6. The summed E-state index contributed by atoms with van der Waals surface area (Å²) in [5.41, 5.74) is 2.55. The van der Waals surface area contributed by atoms with E-state index < -0.39 is 17.8 Å². The highest BCUT2D eigenvalue weighted by atomic mass is 19.4. The number of amides is 3. The van der Waals surface area contributed by atoms with E-state index >= 15 is 0 Å². The van der Waals surface area contributed by atoms with Crippen LogP contribution in [0.4, 0.5) is 18.0 Å². The first kappa shape index (κ1) is 32.0. The van der Waals surface area contributed by atoms with Gasteiger partial charge in [-0.1, -0.05) is 43.5 Å². The third-order valence-corrected chi connectivity index (χ3v) is 8.56. The Morgan fingerprint density at radius 2 is 1.64 bits per heavy atom. The number of hydrogen-bond donors (Lipinski definition) is 2. The molecule has 3 aromatic rings. The van der Waals surface area contributed by atoms with Crippen molar-refractivity contribution in [1.82, 2.24) is 30.0 Å². The normalized spacial score (nSPS) is 17.9. The fraction of sp³-hybridized carbons (Fsp3) is 0.455. The number of urea groups is 1. The van der Waals surface area contributed by atoms with Crippen molar-refractivity contribution >= 4 is 11.9 Å². The molecule has 2 N–H and O–H groups in total. The molecule has 0 radical (unpaired) electrons. The van der Waals surface area contributed by atoms with Crippen LogP contribution < -0.4 is 10.6 Å². The molecule has 1 atom stereocenters. The monoisotopic (exact) mass is 621 g/mol. The summed E-state index contributed by atoms with van der Waals surface area (Å²) in [5, 5.41) is 15.2. The number of carbonyl (C=O) groups excluding carboxylic acids is 2. The van der Waals surface area contributed by atoms with Crippen molar-refractivity contribution in [2.75, 3.05) is 26.2 Å². The number of carbonyl (C=O) groups is 2. The Balaban J connectivity index is 1.22. The van der Waals surface area contributed by atoms with Crippen LogP contribution in [0.5, 0.6) is 0 Å². The van der Waals surface area contributed by atoms with Crippen LogP contribution in [0.1, 0.15) is 60.1 Å². The number of rotatable bonds is 9. The quantitative estimate of drug-likeness (QED) is 0.360. The molecule has 12 heteroatoms. The molecular formula is C33H38F3N7O2. The number of nitriles is 1. The van der Waals surface area contributed by atoms with E-state index in [1.165, 1.54) is 12.1 Å². The van der Waals surface area contributed by atoms with Gasteiger partial charge in [-0.3, -0.25) is 9.69 Å². The first-order chi connectivity index (χ1) is 21.7. The molecule has 1 aliphatic carbocycles. The van der Waals surface area contributed by atoms with Gasteiger partial charge in [0, 0.05) is 63.6 Å². The summed E-state index contributed by atoms with van der Waals surface area (Å²) in [6.07, 6.45) is 4.75. The topological polar surface area (TPSA) is 106 Å². The molecule has 1 aliphatic heterocycles. The second-order valence-corrected chi connectivity index (χ2v) is 11.8. The number of nitrogens with one attached hydrogen (secondary N) is 2. The number of piperazine rings is 1. The molecular weight excluding hydrogens is 583 g/mol. The molecule has 0 spiro atoms. The van der Waals surface area contributed by atoms with Crippen LogP contribution in [-0.2, 0) is 30.5 Å². The number of nitrogens with zero attached hydrogens (tertiary/aromatic N) is 5.